The van der Waals surface area contributed by atoms with Gasteiger partial charge in [0.15, 0.2) is 0 Å². The van der Waals surface area contributed by atoms with Gasteiger partial charge < -0.3 is 10.2 Å². The van der Waals surface area contributed by atoms with E-state index in [0.717, 1.165) is 56.1 Å². The predicted octanol–water partition coefficient (Wildman–Crippen LogP) is 2.36. The van der Waals surface area contributed by atoms with Crippen molar-refractivity contribution in [2.75, 3.05) is 57.7 Å². The second-order valence-electron chi connectivity index (χ2n) is 9.22. The summed E-state index contributed by atoms with van der Waals surface area (Å²) in [5.74, 6) is 1.46. The number of rotatable bonds is 5. The van der Waals surface area contributed by atoms with Crippen LogP contribution >= 0.6 is 0 Å². The van der Waals surface area contributed by atoms with E-state index < -0.39 is 0 Å². The highest BCUT2D eigenvalue weighted by Crippen LogP contribution is 2.21. The first kappa shape index (κ1) is 21.8. The number of piperazine rings is 1. The number of hydrogen-bond acceptors (Lipinski definition) is 4. The molecular weight excluding hydrogens is 364 g/mol. The lowest BCUT2D eigenvalue weighted by molar-refractivity contribution is -0.135. The summed E-state index contributed by atoms with van der Waals surface area (Å²) in [5, 5.41) is 3.01. The minimum absolute atomic E-state index is 0.0239. The van der Waals surface area contributed by atoms with Crippen molar-refractivity contribution < 1.29 is 9.59 Å². The zero-order chi connectivity index (χ0) is 21.0. The Bertz CT molecular complexity index is 697. The standard InChI is InChI=1S/C23H36N4O2/c1-17-9-18(2)12-21(11-17)24-22(28)15-25-5-7-26(8-6-25)16-23(29)27-13-19(3)10-20(4)14-27/h9,11-12,19-20H,5-8,10,13-16H2,1-4H3,(H,24,28)/t19-,20+. The lowest BCUT2D eigenvalue weighted by Gasteiger charge is -2.38. The molecule has 1 aromatic rings. The van der Waals surface area contributed by atoms with Crippen molar-refractivity contribution in [2.24, 2.45) is 11.8 Å². The maximum atomic E-state index is 12.7. The van der Waals surface area contributed by atoms with Crippen molar-refractivity contribution in [1.29, 1.82) is 0 Å². The van der Waals surface area contributed by atoms with Gasteiger partial charge in [-0.25, -0.2) is 0 Å². The van der Waals surface area contributed by atoms with Gasteiger partial charge in [0, 0.05) is 45.0 Å². The minimum Gasteiger partial charge on any atom is -0.341 e. The normalized spacial score (nSPS) is 23.8. The van der Waals surface area contributed by atoms with Crippen molar-refractivity contribution in [3.8, 4) is 0 Å². The van der Waals surface area contributed by atoms with Crippen LogP contribution in [0.25, 0.3) is 0 Å². The first-order valence-corrected chi connectivity index (χ1v) is 10.9. The van der Waals surface area contributed by atoms with E-state index >= 15 is 0 Å². The molecule has 2 atom stereocenters. The van der Waals surface area contributed by atoms with E-state index in [2.05, 4.69) is 35.0 Å². The van der Waals surface area contributed by atoms with Crippen LogP contribution in [0.1, 0.15) is 31.4 Å². The van der Waals surface area contributed by atoms with Crippen LogP contribution in [0.3, 0.4) is 0 Å². The highest BCUT2D eigenvalue weighted by molar-refractivity contribution is 5.92. The van der Waals surface area contributed by atoms with Crippen LogP contribution in [0.15, 0.2) is 18.2 Å². The van der Waals surface area contributed by atoms with Gasteiger partial charge in [-0.15, -0.1) is 0 Å². The molecule has 2 aliphatic heterocycles. The fourth-order valence-electron chi connectivity index (χ4n) is 4.71. The van der Waals surface area contributed by atoms with Crippen LogP contribution in [0.4, 0.5) is 5.69 Å². The molecule has 0 saturated carbocycles. The van der Waals surface area contributed by atoms with Gasteiger partial charge in [0.05, 0.1) is 13.1 Å². The Kier molecular flexibility index (Phi) is 7.30. The summed E-state index contributed by atoms with van der Waals surface area (Å²) < 4.78 is 0. The second kappa shape index (κ2) is 9.72. The molecule has 0 radical (unpaired) electrons. The van der Waals surface area contributed by atoms with Crippen LogP contribution in [0.5, 0.6) is 0 Å². The number of carbonyl (C=O) groups is 2. The summed E-state index contributed by atoms with van der Waals surface area (Å²) in [7, 11) is 0. The molecule has 2 saturated heterocycles. The number of benzene rings is 1. The number of anilines is 1. The van der Waals surface area contributed by atoms with E-state index in [1.807, 2.05) is 30.9 Å². The lowest BCUT2D eigenvalue weighted by atomic mass is 9.92. The fraction of sp³-hybridized carbons (Fsp3) is 0.652. The van der Waals surface area contributed by atoms with Crippen molar-refractivity contribution in [2.45, 2.75) is 34.1 Å². The Labute approximate surface area is 175 Å². The number of hydrogen-bond donors (Lipinski definition) is 1. The number of nitrogens with zero attached hydrogens (tertiary/aromatic N) is 3. The van der Waals surface area contributed by atoms with E-state index in [-0.39, 0.29) is 11.8 Å². The van der Waals surface area contributed by atoms with Crippen molar-refractivity contribution in [3.05, 3.63) is 29.3 Å². The summed E-state index contributed by atoms with van der Waals surface area (Å²) in [5.41, 5.74) is 3.16. The van der Waals surface area contributed by atoms with Crippen LogP contribution in [-0.4, -0.2) is 78.9 Å². The molecule has 2 fully saturated rings. The highest BCUT2D eigenvalue weighted by atomic mass is 16.2. The van der Waals surface area contributed by atoms with Gasteiger partial charge in [0.1, 0.15) is 0 Å². The van der Waals surface area contributed by atoms with Crippen molar-refractivity contribution >= 4 is 17.5 Å². The smallest absolute Gasteiger partial charge is 0.238 e. The summed E-state index contributed by atoms with van der Waals surface area (Å²) in [4.78, 5) is 31.5. The molecule has 2 heterocycles. The Morgan fingerprint density at radius 3 is 1.97 bits per heavy atom. The summed E-state index contributed by atoms with van der Waals surface area (Å²) in [6.45, 7) is 14.5. The Morgan fingerprint density at radius 2 is 1.41 bits per heavy atom. The molecule has 0 bridgehead atoms. The van der Waals surface area contributed by atoms with Gasteiger partial charge in [-0.05, 0) is 55.4 Å². The average Bonchev–Trinajstić information content (AvgIpc) is 2.61. The third-order valence-corrected chi connectivity index (χ3v) is 5.92. The van der Waals surface area contributed by atoms with E-state index in [1.165, 1.54) is 6.42 Å². The molecule has 160 valence electrons. The Balaban J connectivity index is 1.41. The quantitative estimate of drug-likeness (QED) is 0.824. The first-order chi connectivity index (χ1) is 13.8. The molecule has 3 rings (SSSR count). The van der Waals surface area contributed by atoms with Crippen LogP contribution < -0.4 is 5.32 Å². The van der Waals surface area contributed by atoms with Gasteiger partial charge in [0.25, 0.3) is 0 Å². The van der Waals surface area contributed by atoms with E-state index in [0.29, 0.717) is 24.9 Å². The molecule has 0 unspecified atom stereocenters. The average molecular weight is 401 g/mol. The number of aryl methyl sites for hydroxylation is 2. The zero-order valence-corrected chi connectivity index (χ0v) is 18.4. The Morgan fingerprint density at radius 1 is 0.897 bits per heavy atom. The molecule has 2 aliphatic rings. The third-order valence-electron chi connectivity index (χ3n) is 5.92. The largest absolute Gasteiger partial charge is 0.341 e. The summed E-state index contributed by atoms with van der Waals surface area (Å²) >= 11 is 0. The van der Waals surface area contributed by atoms with Crippen molar-refractivity contribution in [3.63, 3.8) is 0 Å². The van der Waals surface area contributed by atoms with E-state index in [9.17, 15) is 9.59 Å². The number of piperidine rings is 1. The molecule has 1 aromatic carbocycles. The maximum absolute atomic E-state index is 12.7. The van der Waals surface area contributed by atoms with Crippen LogP contribution in [0.2, 0.25) is 0 Å². The van der Waals surface area contributed by atoms with Gasteiger partial charge >= 0.3 is 0 Å². The molecule has 29 heavy (non-hydrogen) atoms. The highest BCUT2D eigenvalue weighted by Gasteiger charge is 2.27. The molecule has 1 N–H and O–H groups in total. The van der Waals surface area contributed by atoms with Crippen LogP contribution in [0, 0.1) is 25.7 Å². The zero-order valence-electron chi connectivity index (χ0n) is 18.4. The molecule has 0 aromatic heterocycles. The molecule has 6 heteroatoms. The molecule has 2 amide bonds. The Hall–Kier alpha value is -1.92. The maximum Gasteiger partial charge on any atom is 0.238 e. The number of nitrogens with one attached hydrogen (secondary N) is 1. The minimum atomic E-state index is 0.0239. The summed E-state index contributed by atoms with van der Waals surface area (Å²) in [6, 6.07) is 6.09. The molecule has 0 aliphatic carbocycles. The first-order valence-electron chi connectivity index (χ1n) is 10.9. The second-order valence-corrected chi connectivity index (χ2v) is 9.22. The molecule has 6 nitrogen and oxygen atoms in total. The van der Waals surface area contributed by atoms with Gasteiger partial charge in [-0.1, -0.05) is 19.9 Å². The SMILES string of the molecule is Cc1cc(C)cc(NC(=O)CN2CCN(CC(=O)N3C[C@H](C)C[C@H](C)C3)CC2)c1. The van der Waals surface area contributed by atoms with Gasteiger partial charge in [-0.2, -0.15) is 0 Å². The van der Waals surface area contributed by atoms with E-state index in [1.54, 1.807) is 0 Å². The number of carbonyl (C=O) groups excluding carboxylic acids is 2. The fourth-order valence-corrected chi connectivity index (χ4v) is 4.71. The summed E-state index contributed by atoms with van der Waals surface area (Å²) in [6.07, 6.45) is 1.21. The number of amides is 2. The van der Waals surface area contributed by atoms with Crippen LogP contribution in [-0.2, 0) is 9.59 Å². The third kappa shape index (κ3) is 6.54. The van der Waals surface area contributed by atoms with Gasteiger partial charge in [0.2, 0.25) is 11.8 Å². The topological polar surface area (TPSA) is 55.9 Å². The number of likely N-dealkylation sites (tertiary alicyclic amines) is 1. The van der Waals surface area contributed by atoms with E-state index in [4.69, 9.17) is 0 Å². The van der Waals surface area contributed by atoms with Crippen molar-refractivity contribution in [1.82, 2.24) is 14.7 Å². The molecular formula is C23H36N4O2. The molecule has 0 spiro atoms. The monoisotopic (exact) mass is 400 g/mol. The van der Waals surface area contributed by atoms with Gasteiger partial charge in [-0.3, -0.25) is 19.4 Å². The lowest BCUT2D eigenvalue weighted by Crippen LogP contribution is -2.52. The predicted molar refractivity (Wildman–Crippen MR) is 117 cm³/mol.